The molecule has 0 saturated heterocycles. The van der Waals surface area contributed by atoms with Gasteiger partial charge in [-0.15, -0.1) is 11.3 Å². The molecular weight excluding hydrogens is 182 g/mol. The molecule has 0 aliphatic carbocycles. The first kappa shape index (κ1) is 8.47. The maximum atomic E-state index is 5.74. The van der Waals surface area contributed by atoms with Gasteiger partial charge in [-0.25, -0.2) is 4.98 Å². The van der Waals surface area contributed by atoms with E-state index < -0.39 is 0 Å². The minimum atomic E-state index is 0.0706. The summed E-state index contributed by atoms with van der Waals surface area (Å²) in [6, 6.07) is 4.03. The molecule has 0 fully saturated rings. The van der Waals surface area contributed by atoms with Gasteiger partial charge in [-0.1, -0.05) is 0 Å². The molecule has 1 unspecified atom stereocenters. The van der Waals surface area contributed by atoms with E-state index in [0.717, 1.165) is 15.6 Å². The molecule has 13 heavy (non-hydrogen) atoms. The molecular formula is C9H11N3S. The maximum Gasteiger partial charge on any atom is 0.139 e. The van der Waals surface area contributed by atoms with Crippen LogP contribution in [0.1, 0.15) is 17.8 Å². The predicted molar refractivity (Wildman–Crippen MR) is 54.5 cm³/mol. The molecule has 3 nitrogen and oxygen atoms in total. The Morgan fingerprint density at radius 2 is 2.46 bits per heavy atom. The average Bonchev–Trinajstić information content (AvgIpc) is 2.75. The first-order valence-corrected chi connectivity index (χ1v) is 4.94. The number of thiazole rings is 1. The molecule has 0 bridgehead atoms. The Hall–Kier alpha value is -1.13. The molecule has 3 N–H and O–H groups in total. The fraction of sp³-hybridized carbons (Fsp3) is 0.222. The van der Waals surface area contributed by atoms with Crippen molar-refractivity contribution >= 4 is 11.3 Å². The summed E-state index contributed by atoms with van der Waals surface area (Å²) in [6.07, 6.45) is 3.73. The lowest BCUT2D eigenvalue weighted by Gasteiger charge is -1.96. The first-order chi connectivity index (χ1) is 6.27. The zero-order chi connectivity index (χ0) is 9.26. The molecule has 0 aliphatic heterocycles. The molecule has 0 spiro atoms. The van der Waals surface area contributed by atoms with E-state index in [1.807, 2.05) is 31.5 Å². The van der Waals surface area contributed by atoms with E-state index in [9.17, 15) is 0 Å². The molecule has 0 aliphatic rings. The summed E-state index contributed by atoms with van der Waals surface area (Å²) >= 11 is 1.63. The maximum absolute atomic E-state index is 5.74. The van der Waals surface area contributed by atoms with Crippen LogP contribution in [0.4, 0.5) is 0 Å². The minimum Gasteiger partial charge on any atom is -0.359 e. The molecule has 0 amide bonds. The summed E-state index contributed by atoms with van der Waals surface area (Å²) in [6.45, 7) is 1.96. The molecule has 4 heteroatoms. The SMILES string of the molecule is CC(N)c1cnc(-c2ccc[nH]2)s1. The van der Waals surface area contributed by atoms with Gasteiger partial charge in [0.1, 0.15) is 5.01 Å². The van der Waals surface area contributed by atoms with Crippen LogP contribution < -0.4 is 5.73 Å². The highest BCUT2D eigenvalue weighted by molar-refractivity contribution is 7.15. The number of aromatic nitrogens is 2. The number of hydrogen-bond acceptors (Lipinski definition) is 3. The van der Waals surface area contributed by atoms with Crippen molar-refractivity contribution in [2.45, 2.75) is 13.0 Å². The largest absolute Gasteiger partial charge is 0.359 e. The number of hydrogen-bond donors (Lipinski definition) is 2. The standard InChI is InChI=1S/C9H11N3S/c1-6(10)8-5-12-9(13-8)7-3-2-4-11-7/h2-6,11H,10H2,1H3. The van der Waals surface area contributed by atoms with Crippen LogP contribution in [0.25, 0.3) is 10.7 Å². The van der Waals surface area contributed by atoms with Crippen LogP contribution in [0, 0.1) is 0 Å². The Balaban J connectivity index is 2.33. The summed E-state index contributed by atoms with van der Waals surface area (Å²) in [5, 5.41) is 0.998. The molecule has 0 radical (unpaired) electrons. The molecule has 2 heterocycles. The average molecular weight is 193 g/mol. The van der Waals surface area contributed by atoms with Crippen LogP contribution in [0.5, 0.6) is 0 Å². The van der Waals surface area contributed by atoms with Gasteiger partial charge in [0.25, 0.3) is 0 Å². The summed E-state index contributed by atoms with van der Waals surface area (Å²) in [5.41, 5.74) is 6.79. The number of aromatic amines is 1. The molecule has 2 rings (SSSR count). The lowest BCUT2D eigenvalue weighted by atomic mass is 10.3. The zero-order valence-corrected chi connectivity index (χ0v) is 8.14. The summed E-state index contributed by atoms with van der Waals surface area (Å²) in [4.78, 5) is 8.52. The van der Waals surface area contributed by atoms with Crippen LogP contribution >= 0.6 is 11.3 Å². The number of nitrogens with two attached hydrogens (primary N) is 1. The van der Waals surface area contributed by atoms with Crippen molar-refractivity contribution in [2.24, 2.45) is 5.73 Å². The normalized spacial score (nSPS) is 13.1. The lowest BCUT2D eigenvalue weighted by molar-refractivity contribution is 0.835. The minimum absolute atomic E-state index is 0.0706. The molecule has 0 saturated carbocycles. The highest BCUT2D eigenvalue weighted by Crippen LogP contribution is 2.26. The number of rotatable bonds is 2. The van der Waals surface area contributed by atoms with Gasteiger partial charge in [-0.3, -0.25) is 0 Å². The second kappa shape index (κ2) is 3.32. The highest BCUT2D eigenvalue weighted by atomic mass is 32.1. The molecule has 68 valence electrons. The summed E-state index contributed by atoms with van der Waals surface area (Å²) in [5.74, 6) is 0. The third-order valence-corrected chi connectivity index (χ3v) is 3.03. The summed E-state index contributed by atoms with van der Waals surface area (Å²) in [7, 11) is 0. The zero-order valence-electron chi connectivity index (χ0n) is 7.32. The number of nitrogens with one attached hydrogen (secondary N) is 1. The fourth-order valence-electron chi connectivity index (χ4n) is 1.08. The van der Waals surface area contributed by atoms with Crippen LogP contribution in [0.3, 0.4) is 0 Å². The monoisotopic (exact) mass is 193 g/mol. The van der Waals surface area contributed by atoms with Gasteiger partial charge in [0.15, 0.2) is 0 Å². The van der Waals surface area contributed by atoms with Gasteiger partial charge in [0.2, 0.25) is 0 Å². The quantitative estimate of drug-likeness (QED) is 0.767. The lowest BCUT2D eigenvalue weighted by Crippen LogP contribution is -2.01. The first-order valence-electron chi connectivity index (χ1n) is 4.12. The van der Waals surface area contributed by atoms with Crippen molar-refractivity contribution < 1.29 is 0 Å². The van der Waals surface area contributed by atoms with Crippen molar-refractivity contribution in [1.29, 1.82) is 0 Å². The van der Waals surface area contributed by atoms with E-state index in [4.69, 9.17) is 5.73 Å². The second-order valence-corrected chi connectivity index (χ2v) is 4.00. The van der Waals surface area contributed by atoms with Crippen molar-refractivity contribution in [1.82, 2.24) is 9.97 Å². The van der Waals surface area contributed by atoms with Gasteiger partial charge < -0.3 is 10.7 Å². The van der Waals surface area contributed by atoms with E-state index in [2.05, 4.69) is 9.97 Å². The number of H-pyrrole nitrogens is 1. The van der Waals surface area contributed by atoms with Crippen LogP contribution in [0.2, 0.25) is 0 Å². The highest BCUT2D eigenvalue weighted by Gasteiger charge is 2.07. The van der Waals surface area contributed by atoms with E-state index in [1.54, 1.807) is 11.3 Å². The summed E-state index contributed by atoms with van der Waals surface area (Å²) < 4.78 is 0. The molecule has 2 aromatic heterocycles. The molecule has 2 aromatic rings. The second-order valence-electron chi connectivity index (χ2n) is 2.94. The Labute approximate surface area is 80.6 Å². The van der Waals surface area contributed by atoms with E-state index >= 15 is 0 Å². The van der Waals surface area contributed by atoms with Gasteiger partial charge in [0, 0.05) is 23.3 Å². The smallest absolute Gasteiger partial charge is 0.139 e. The van der Waals surface area contributed by atoms with Crippen molar-refractivity contribution in [2.75, 3.05) is 0 Å². The van der Waals surface area contributed by atoms with E-state index in [1.165, 1.54) is 0 Å². The Morgan fingerprint density at radius 3 is 3.00 bits per heavy atom. The topological polar surface area (TPSA) is 54.7 Å². The van der Waals surface area contributed by atoms with Gasteiger partial charge in [-0.05, 0) is 19.1 Å². The number of nitrogens with zero attached hydrogens (tertiary/aromatic N) is 1. The van der Waals surface area contributed by atoms with E-state index in [0.29, 0.717) is 0 Å². The van der Waals surface area contributed by atoms with Gasteiger partial charge in [0.05, 0.1) is 5.69 Å². The van der Waals surface area contributed by atoms with E-state index in [-0.39, 0.29) is 6.04 Å². The Bertz CT molecular complexity index is 375. The van der Waals surface area contributed by atoms with Gasteiger partial charge >= 0.3 is 0 Å². The van der Waals surface area contributed by atoms with Crippen molar-refractivity contribution in [3.63, 3.8) is 0 Å². The fourth-order valence-corrected chi connectivity index (χ4v) is 1.94. The van der Waals surface area contributed by atoms with Crippen molar-refractivity contribution in [3.05, 3.63) is 29.4 Å². The predicted octanol–water partition coefficient (Wildman–Crippen LogP) is 2.16. The van der Waals surface area contributed by atoms with Crippen molar-refractivity contribution in [3.8, 4) is 10.7 Å². The Morgan fingerprint density at radius 1 is 1.62 bits per heavy atom. The third kappa shape index (κ3) is 1.64. The van der Waals surface area contributed by atoms with Crippen LogP contribution in [0.15, 0.2) is 24.5 Å². The van der Waals surface area contributed by atoms with Crippen LogP contribution in [-0.2, 0) is 0 Å². The third-order valence-electron chi connectivity index (χ3n) is 1.80. The van der Waals surface area contributed by atoms with Crippen LogP contribution in [-0.4, -0.2) is 9.97 Å². The molecule has 1 atom stereocenters. The Kier molecular flexibility index (Phi) is 2.16. The molecule has 0 aromatic carbocycles. The van der Waals surface area contributed by atoms with Gasteiger partial charge in [-0.2, -0.15) is 0 Å².